The van der Waals surface area contributed by atoms with Crippen molar-refractivity contribution in [2.45, 2.75) is 19.9 Å². The van der Waals surface area contributed by atoms with Gasteiger partial charge in [-0.15, -0.1) is 0 Å². The molecule has 33 heavy (non-hydrogen) atoms. The number of halogens is 1. The number of hydrogen-bond acceptors (Lipinski definition) is 5. The number of methoxy groups -OCH3 is 1. The molecule has 1 heterocycles. The monoisotopic (exact) mass is 463 g/mol. The molecule has 1 unspecified atom stereocenters. The molecule has 0 bridgehead atoms. The molecular formula is C26H22ClNO5. The summed E-state index contributed by atoms with van der Waals surface area (Å²) in [7, 11) is 1.50. The third kappa shape index (κ3) is 3.94. The zero-order chi connectivity index (χ0) is 23.9. The van der Waals surface area contributed by atoms with Crippen LogP contribution in [-0.4, -0.2) is 29.0 Å². The SMILES string of the molecule is COc1cccc(N2C(=O)C(=O)/C(=C(/O)c3cc(C)ccc3C)C2c2ccc(O)c(Cl)c2)c1. The molecular weight excluding hydrogens is 442 g/mol. The number of phenolic OH excluding ortho intramolecular Hbond substituents is 1. The van der Waals surface area contributed by atoms with Gasteiger partial charge in [-0.05, 0) is 55.3 Å². The van der Waals surface area contributed by atoms with Crippen LogP contribution < -0.4 is 9.64 Å². The van der Waals surface area contributed by atoms with E-state index in [2.05, 4.69) is 0 Å². The summed E-state index contributed by atoms with van der Waals surface area (Å²) in [6.45, 7) is 3.70. The summed E-state index contributed by atoms with van der Waals surface area (Å²) in [5.41, 5.74) is 2.95. The maximum atomic E-state index is 13.3. The van der Waals surface area contributed by atoms with E-state index in [4.69, 9.17) is 16.3 Å². The number of phenols is 1. The number of ether oxygens (including phenoxy) is 1. The van der Waals surface area contributed by atoms with Gasteiger partial charge in [-0.3, -0.25) is 14.5 Å². The number of carbonyl (C=O) groups excluding carboxylic acids is 2. The molecule has 1 saturated heterocycles. The van der Waals surface area contributed by atoms with Crippen molar-refractivity contribution in [1.82, 2.24) is 0 Å². The third-order valence-corrected chi connectivity index (χ3v) is 6.01. The minimum atomic E-state index is -0.963. The number of carbonyl (C=O) groups is 2. The summed E-state index contributed by atoms with van der Waals surface area (Å²) >= 11 is 6.16. The first kappa shape index (κ1) is 22.4. The molecule has 6 nitrogen and oxygen atoms in total. The molecule has 3 aromatic rings. The van der Waals surface area contributed by atoms with Crippen LogP contribution in [0.2, 0.25) is 5.02 Å². The lowest BCUT2D eigenvalue weighted by molar-refractivity contribution is -0.132. The van der Waals surface area contributed by atoms with Gasteiger partial charge < -0.3 is 14.9 Å². The van der Waals surface area contributed by atoms with Gasteiger partial charge in [0.15, 0.2) is 0 Å². The van der Waals surface area contributed by atoms with E-state index < -0.39 is 17.7 Å². The predicted molar refractivity (Wildman–Crippen MR) is 127 cm³/mol. The lowest BCUT2D eigenvalue weighted by Gasteiger charge is -2.26. The van der Waals surface area contributed by atoms with Crippen LogP contribution in [0, 0.1) is 13.8 Å². The van der Waals surface area contributed by atoms with Gasteiger partial charge in [-0.25, -0.2) is 0 Å². The van der Waals surface area contributed by atoms with Crippen molar-refractivity contribution in [3.8, 4) is 11.5 Å². The standard InChI is InChI=1S/C26H22ClNO5/c1-14-7-8-15(2)19(11-14)24(30)22-23(16-9-10-21(29)20(27)12-16)28(26(32)25(22)31)17-5-4-6-18(13-17)33-3/h4-13,23,29-30H,1-3H3/b24-22+. The number of aliphatic hydroxyl groups excluding tert-OH is 1. The smallest absolute Gasteiger partial charge is 0.300 e. The molecule has 1 aliphatic heterocycles. The average molecular weight is 464 g/mol. The molecule has 0 aliphatic carbocycles. The van der Waals surface area contributed by atoms with Crippen LogP contribution in [0.1, 0.15) is 28.3 Å². The van der Waals surface area contributed by atoms with Crippen LogP contribution in [0.15, 0.2) is 66.2 Å². The summed E-state index contributed by atoms with van der Waals surface area (Å²) in [5, 5.41) is 21.3. The van der Waals surface area contributed by atoms with E-state index in [0.717, 1.165) is 11.1 Å². The van der Waals surface area contributed by atoms with Gasteiger partial charge in [0.1, 0.15) is 17.3 Å². The quantitative estimate of drug-likeness (QED) is 0.311. The number of benzene rings is 3. The number of aromatic hydroxyl groups is 1. The fraction of sp³-hybridized carbons (Fsp3) is 0.154. The van der Waals surface area contributed by atoms with E-state index in [0.29, 0.717) is 22.6 Å². The molecule has 168 valence electrons. The third-order valence-electron chi connectivity index (χ3n) is 5.71. The van der Waals surface area contributed by atoms with Crippen molar-refractivity contribution in [3.63, 3.8) is 0 Å². The van der Waals surface area contributed by atoms with Crippen molar-refractivity contribution >= 4 is 34.7 Å². The normalized spacial score (nSPS) is 17.5. The van der Waals surface area contributed by atoms with Crippen LogP contribution in [0.25, 0.3) is 5.76 Å². The highest BCUT2D eigenvalue weighted by Gasteiger charge is 2.47. The van der Waals surface area contributed by atoms with Crippen molar-refractivity contribution in [1.29, 1.82) is 0 Å². The van der Waals surface area contributed by atoms with Gasteiger partial charge in [0.05, 0.1) is 23.7 Å². The van der Waals surface area contributed by atoms with E-state index in [1.54, 1.807) is 36.4 Å². The summed E-state index contributed by atoms with van der Waals surface area (Å²) in [4.78, 5) is 27.8. The molecule has 0 radical (unpaired) electrons. The van der Waals surface area contributed by atoms with Gasteiger partial charge in [0.25, 0.3) is 11.7 Å². The fourth-order valence-corrected chi connectivity index (χ4v) is 4.19. The lowest BCUT2D eigenvalue weighted by Crippen LogP contribution is -2.29. The molecule has 2 N–H and O–H groups in total. The number of Topliss-reactive ketones (excluding diaryl/α,β-unsaturated/α-hetero) is 1. The van der Waals surface area contributed by atoms with Gasteiger partial charge in [0, 0.05) is 17.3 Å². The Morgan fingerprint density at radius 2 is 1.79 bits per heavy atom. The maximum absolute atomic E-state index is 13.3. The fourth-order valence-electron chi connectivity index (χ4n) is 4.00. The second-order valence-electron chi connectivity index (χ2n) is 7.90. The Bertz CT molecular complexity index is 1310. The topological polar surface area (TPSA) is 87.1 Å². The Balaban J connectivity index is 2.00. The summed E-state index contributed by atoms with van der Waals surface area (Å²) < 4.78 is 5.29. The van der Waals surface area contributed by atoms with Crippen molar-refractivity contribution in [2.75, 3.05) is 12.0 Å². The Morgan fingerprint density at radius 1 is 1.03 bits per heavy atom. The Labute approximate surface area is 196 Å². The molecule has 1 fully saturated rings. The second kappa shape index (κ2) is 8.64. The number of nitrogens with zero attached hydrogens (tertiary/aromatic N) is 1. The Morgan fingerprint density at radius 3 is 2.48 bits per heavy atom. The summed E-state index contributed by atoms with van der Waals surface area (Å²) in [6, 6.07) is 15.7. The van der Waals surface area contributed by atoms with Crippen molar-refractivity contribution < 1.29 is 24.5 Å². The molecule has 3 aromatic carbocycles. The Hall–Kier alpha value is -3.77. The molecule has 7 heteroatoms. The van der Waals surface area contributed by atoms with Gasteiger partial charge in [0.2, 0.25) is 0 Å². The van der Waals surface area contributed by atoms with E-state index in [-0.39, 0.29) is 22.1 Å². The molecule has 1 amide bonds. The summed E-state index contributed by atoms with van der Waals surface area (Å²) in [6.07, 6.45) is 0. The maximum Gasteiger partial charge on any atom is 0.300 e. The number of rotatable bonds is 4. The predicted octanol–water partition coefficient (Wildman–Crippen LogP) is 5.30. The zero-order valence-electron chi connectivity index (χ0n) is 18.3. The zero-order valence-corrected chi connectivity index (χ0v) is 19.1. The highest BCUT2D eigenvalue weighted by atomic mass is 35.5. The van der Waals surface area contributed by atoms with Crippen LogP contribution >= 0.6 is 11.6 Å². The van der Waals surface area contributed by atoms with E-state index in [1.165, 1.54) is 24.1 Å². The van der Waals surface area contributed by atoms with Crippen LogP contribution in [0.5, 0.6) is 11.5 Å². The number of anilines is 1. The molecule has 1 aliphatic rings. The van der Waals surface area contributed by atoms with Crippen LogP contribution in [-0.2, 0) is 9.59 Å². The molecule has 0 saturated carbocycles. The van der Waals surface area contributed by atoms with E-state index in [1.807, 2.05) is 26.0 Å². The lowest BCUT2D eigenvalue weighted by atomic mass is 9.93. The number of aryl methyl sites for hydroxylation is 2. The highest BCUT2D eigenvalue weighted by molar-refractivity contribution is 6.51. The molecule has 0 spiro atoms. The van der Waals surface area contributed by atoms with Crippen molar-refractivity contribution in [2.24, 2.45) is 0 Å². The van der Waals surface area contributed by atoms with E-state index in [9.17, 15) is 19.8 Å². The van der Waals surface area contributed by atoms with E-state index >= 15 is 0 Å². The van der Waals surface area contributed by atoms with Gasteiger partial charge in [-0.1, -0.05) is 41.4 Å². The first-order valence-corrected chi connectivity index (χ1v) is 10.6. The minimum Gasteiger partial charge on any atom is -0.507 e. The molecule has 0 aromatic heterocycles. The number of hydrogen-bond donors (Lipinski definition) is 2. The largest absolute Gasteiger partial charge is 0.507 e. The van der Waals surface area contributed by atoms with Gasteiger partial charge in [-0.2, -0.15) is 0 Å². The highest BCUT2D eigenvalue weighted by Crippen LogP contribution is 2.44. The van der Waals surface area contributed by atoms with Crippen LogP contribution in [0.3, 0.4) is 0 Å². The van der Waals surface area contributed by atoms with Crippen LogP contribution in [0.4, 0.5) is 5.69 Å². The average Bonchev–Trinajstić information content (AvgIpc) is 3.07. The minimum absolute atomic E-state index is 0.0572. The first-order chi connectivity index (χ1) is 15.7. The van der Waals surface area contributed by atoms with Gasteiger partial charge >= 0.3 is 0 Å². The summed E-state index contributed by atoms with van der Waals surface area (Å²) in [5.74, 6) is -1.50. The molecule has 4 rings (SSSR count). The first-order valence-electron chi connectivity index (χ1n) is 10.2. The second-order valence-corrected chi connectivity index (χ2v) is 8.31. The number of aliphatic hydroxyl groups is 1. The molecule has 1 atom stereocenters. The Kier molecular flexibility index (Phi) is 5.87. The number of amides is 1. The van der Waals surface area contributed by atoms with Crippen molar-refractivity contribution in [3.05, 3.63) is 93.5 Å². The number of ketones is 1.